The average molecular weight is 478 g/mol. The summed E-state index contributed by atoms with van der Waals surface area (Å²) < 4.78 is 9.78. The van der Waals surface area contributed by atoms with Gasteiger partial charge in [0.2, 0.25) is 0 Å². The number of carbonyl (C=O) groups is 2. The molecule has 34 heavy (non-hydrogen) atoms. The fourth-order valence-corrected chi connectivity index (χ4v) is 2.97. The minimum atomic E-state index is -1.85. The lowest BCUT2D eigenvalue weighted by molar-refractivity contribution is -0.162. The first-order valence-electron chi connectivity index (χ1n) is 10.7. The van der Waals surface area contributed by atoms with Gasteiger partial charge in [-0.05, 0) is 48.2 Å². The number of aromatic hydroxyl groups is 2. The SMILES string of the molecule is O=C(CCc1ccc(O)cc1)OC[C@@H](O)[C@@H](O)[C@H](O)[C@@H](O)COC(=O)CCc1ccc(O)cc1. The average Bonchev–Trinajstić information content (AvgIpc) is 2.84. The van der Waals surface area contributed by atoms with Gasteiger partial charge in [0.25, 0.3) is 0 Å². The predicted octanol–water partition coefficient (Wildman–Crippen LogP) is 0.193. The molecule has 0 unspecified atom stereocenters. The summed E-state index contributed by atoms with van der Waals surface area (Å²) in [6.07, 6.45) is -6.36. The van der Waals surface area contributed by atoms with Gasteiger partial charge in [-0.1, -0.05) is 24.3 Å². The van der Waals surface area contributed by atoms with Crippen LogP contribution in [0.1, 0.15) is 24.0 Å². The number of phenols is 2. The number of phenolic OH excluding ortho intramolecular Hbond substituents is 2. The first kappa shape index (κ1) is 27.1. The third kappa shape index (κ3) is 9.36. The molecule has 0 aromatic heterocycles. The molecule has 0 heterocycles. The van der Waals surface area contributed by atoms with Crippen LogP contribution in [0.5, 0.6) is 11.5 Å². The molecule has 0 saturated heterocycles. The molecule has 2 rings (SSSR count). The van der Waals surface area contributed by atoms with Crippen LogP contribution in [-0.4, -0.2) is 80.2 Å². The van der Waals surface area contributed by atoms with Crippen molar-refractivity contribution in [1.29, 1.82) is 0 Å². The normalized spacial score (nSPS) is 14.6. The maximum Gasteiger partial charge on any atom is 0.306 e. The van der Waals surface area contributed by atoms with E-state index in [0.29, 0.717) is 12.8 Å². The molecule has 0 spiro atoms. The van der Waals surface area contributed by atoms with E-state index in [1.54, 1.807) is 24.3 Å². The molecule has 2 aromatic carbocycles. The summed E-state index contributed by atoms with van der Waals surface area (Å²) in [5.41, 5.74) is 1.60. The number of hydrogen-bond donors (Lipinski definition) is 6. The number of aliphatic hydroxyl groups excluding tert-OH is 4. The second kappa shape index (κ2) is 13.5. The van der Waals surface area contributed by atoms with Crippen molar-refractivity contribution in [3.8, 4) is 11.5 Å². The van der Waals surface area contributed by atoms with E-state index < -0.39 is 49.6 Å². The van der Waals surface area contributed by atoms with Crippen LogP contribution in [0.25, 0.3) is 0 Å². The van der Waals surface area contributed by atoms with E-state index in [4.69, 9.17) is 9.47 Å². The Morgan fingerprint density at radius 3 is 1.26 bits per heavy atom. The Kier molecular flexibility index (Phi) is 10.8. The third-order valence-electron chi connectivity index (χ3n) is 5.08. The van der Waals surface area contributed by atoms with Crippen molar-refractivity contribution in [2.45, 2.75) is 50.1 Å². The maximum absolute atomic E-state index is 11.8. The van der Waals surface area contributed by atoms with Crippen molar-refractivity contribution in [2.75, 3.05) is 13.2 Å². The van der Waals surface area contributed by atoms with Crippen molar-refractivity contribution in [3.63, 3.8) is 0 Å². The molecule has 0 amide bonds. The van der Waals surface area contributed by atoms with Crippen molar-refractivity contribution in [3.05, 3.63) is 59.7 Å². The predicted molar refractivity (Wildman–Crippen MR) is 119 cm³/mol. The summed E-state index contributed by atoms with van der Waals surface area (Å²) in [6, 6.07) is 12.6. The molecule has 10 nitrogen and oxygen atoms in total. The highest BCUT2D eigenvalue weighted by atomic mass is 16.5. The zero-order chi connectivity index (χ0) is 25.1. The molecule has 0 radical (unpaired) electrons. The van der Waals surface area contributed by atoms with Gasteiger partial charge in [0.05, 0.1) is 0 Å². The monoisotopic (exact) mass is 478 g/mol. The van der Waals surface area contributed by atoms with Crippen LogP contribution in [-0.2, 0) is 31.9 Å². The summed E-state index contributed by atoms with van der Waals surface area (Å²) >= 11 is 0. The Labute approximate surface area is 196 Å². The van der Waals surface area contributed by atoms with Crippen molar-refractivity contribution < 1.29 is 49.7 Å². The molecule has 0 fully saturated rings. The van der Waals surface area contributed by atoms with Gasteiger partial charge < -0.3 is 40.1 Å². The van der Waals surface area contributed by atoms with E-state index in [9.17, 15) is 40.2 Å². The van der Waals surface area contributed by atoms with Gasteiger partial charge in [0.1, 0.15) is 49.1 Å². The summed E-state index contributed by atoms with van der Waals surface area (Å²) in [7, 11) is 0. The van der Waals surface area contributed by atoms with Gasteiger partial charge in [0.15, 0.2) is 0 Å². The van der Waals surface area contributed by atoms with E-state index in [1.165, 1.54) is 24.3 Å². The highest BCUT2D eigenvalue weighted by molar-refractivity contribution is 5.70. The molecule has 4 atom stereocenters. The van der Waals surface area contributed by atoms with Crippen LogP contribution in [0.3, 0.4) is 0 Å². The number of carbonyl (C=O) groups excluding carboxylic acids is 2. The summed E-state index contributed by atoms with van der Waals surface area (Å²) in [6.45, 7) is -1.21. The number of aryl methyl sites for hydroxylation is 2. The highest BCUT2D eigenvalue weighted by Crippen LogP contribution is 2.13. The molecular formula is C24H30O10. The number of ether oxygens (including phenoxy) is 2. The van der Waals surface area contributed by atoms with Crippen LogP contribution in [0.4, 0.5) is 0 Å². The topological polar surface area (TPSA) is 174 Å². The number of hydrogen-bond acceptors (Lipinski definition) is 10. The maximum atomic E-state index is 11.8. The number of aliphatic hydroxyl groups is 4. The van der Waals surface area contributed by atoms with Gasteiger partial charge in [-0.3, -0.25) is 9.59 Å². The largest absolute Gasteiger partial charge is 0.508 e. The van der Waals surface area contributed by atoms with Crippen molar-refractivity contribution in [1.82, 2.24) is 0 Å². The first-order valence-corrected chi connectivity index (χ1v) is 10.7. The van der Waals surface area contributed by atoms with Gasteiger partial charge >= 0.3 is 11.9 Å². The lowest BCUT2D eigenvalue weighted by atomic mass is 10.0. The summed E-state index contributed by atoms with van der Waals surface area (Å²) in [4.78, 5) is 23.7. The molecular weight excluding hydrogens is 448 g/mol. The fraction of sp³-hybridized carbons (Fsp3) is 0.417. The smallest absolute Gasteiger partial charge is 0.306 e. The number of rotatable bonds is 13. The van der Waals surface area contributed by atoms with Crippen LogP contribution >= 0.6 is 0 Å². The molecule has 0 bridgehead atoms. The molecule has 6 N–H and O–H groups in total. The molecule has 10 heteroatoms. The first-order chi connectivity index (χ1) is 16.2. The molecule has 2 aromatic rings. The Bertz CT molecular complexity index is 821. The lowest BCUT2D eigenvalue weighted by Gasteiger charge is -2.26. The zero-order valence-electron chi connectivity index (χ0n) is 18.5. The van der Waals surface area contributed by atoms with Gasteiger partial charge in [-0.25, -0.2) is 0 Å². The van der Waals surface area contributed by atoms with Crippen molar-refractivity contribution >= 4 is 11.9 Å². The molecule has 0 aliphatic heterocycles. The quantitative estimate of drug-likeness (QED) is 0.218. The summed E-state index contributed by atoms with van der Waals surface area (Å²) in [5, 5.41) is 58.4. The number of esters is 2. The van der Waals surface area contributed by atoms with Gasteiger partial charge in [0, 0.05) is 12.8 Å². The van der Waals surface area contributed by atoms with E-state index in [1.807, 2.05) is 0 Å². The van der Waals surface area contributed by atoms with Crippen molar-refractivity contribution in [2.24, 2.45) is 0 Å². The van der Waals surface area contributed by atoms with Crippen LogP contribution in [0.2, 0.25) is 0 Å². The number of benzene rings is 2. The molecule has 186 valence electrons. The Morgan fingerprint density at radius 2 is 0.941 bits per heavy atom. The van der Waals surface area contributed by atoms with Crippen LogP contribution in [0.15, 0.2) is 48.5 Å². The van der Waals surface area contributed by atoms with E-state index in [2.05, 4.69) is 0 Å². The van der Waals surface area contributed by atoms with Gasteiger partial charge in [-0.2, -0.15) is 0 Å². The van der Waals surface area contributed by atoms with Crippen LogP contribution < -0.4 is 0 Å². The van der Waals surface area contributed by atoms with Crippen LogP contribution in [0, 0.1) is 0 Å². The third-order valence-corrected chi connectivity index (χ3v) is 5.08. The highest BCUT2D eigenvalue weighted by Gasteiger charge is 2.31. The minimum absolute atomic E-state index is 0.00113. The van der Waals surface area contributed by atoms with Gasteiger partial charge in [-0.15, -0.1) is 0 Å². The minimum Gasteiger partial charge on any atom is -0.508 e. The molecule has 0 saturated carbocycles. The second-order valence-electron chi connectivity index (χ2n) is 7.81. The Balaban J connectivity index is 1.66. The molecule has 0 aliphatic rings. The summed E-state index contributed by atoms with van der Waals surface area (Å²) in [5.74, 6) is -1.07. The Morgan fingerprint density at radius 1 is 0.618 bits per heavy atom. The fourth-order valence-electron chi connectivity index (χ4n) is 2.97. The standard InChI is InChI=1S/C24H30O10/c25-17-7-1-15(2-8-17)5-11-21(29)33-13-19(27)23(31)24(32)20(28)14-34-22(30)12-6-16-3-9-18(26)10-4-16/h1-4,7-10,19-20,23-28,31-32H,5-6,11-14H2/t19-,20+,23-,24-/m1/s1. The lowest BCUT2D eigenvalue weighted by Crippen LogP contribution is -2.48. The van der Waals surface area contributed by atoms with E-state index in [-0.39, 0.29) is 24.3 Å². The zero-order valence-corrected chi connectivity index (χ0v) is 18.5. The molecule has 0 aliphatic carbocycles. The van der Waals surface area contributed by atoms with E-state index in [0.717, 1.165) is 11.1 Å². The Hall–Kier alpha value is -3.18. The van der Waals surface area contributed by atoms with E-state index >= 15 is 0 Å². The second-order valence-corrected chi connectivity index (χ2v) is 7.81.